The van der Waals surface area contributed by atoms with Crippen LogP contribution in [0.25, 0.3) is 11.4 Å². The van der Waals surface area contributed by atoms with Gasteiger partial charge >= 0.3 is 17.8 Å². The van der Waals surface area contributed by atoms with E-state index < -0.39 is 17.9 Å². The molecule has 0 fully saturated rings. The van der Waals surface area contributed by atoms with Crippen molar-refractivity contribution in [1.29, 1.82) is 0 Å². The summed E-state index contributed by atoms with van der Waals surface area (Å²) in [6, 6.07) is 6.02. The number of hydrogen-bond donors (Lipinski definition) is 2. The third kappa shape index (κ3) is 3.85. The Bertz CT molecular complexity index is 694. The third-order valence-electron chi connectivity index (χ3n) is 3.20. The molecule has 0 aliphatic rings. The van der Waals surface area contributed by atoms with Crippen molar-refractivity contribution < 1.29 is 18.8 Å². The number of nitrogens with two attached hydrogens (primary N) is 1. The highest BCUT2D eigenvalue weighted by molar-refractivity contribution is 5.93. The summed E-state index contributed by atoms with van der Waals surface area (Å²) in [6.07, 6.45) is 0. The van der Waals surface area contributed by atoms with Gasteiger partial charge in [0.1, 0.15) is 6.04 Å². The number of carbonyl (C=O) groups is 2. The molecule has 3 N–H and O–H groups in total. The Balaban J connectivity index is 2.14. The van der Waals surface area contributed by atoms with Crippen LogP contribution in [0.15, 0.2) is 28.8 Å². The average Bonchev–Trinajstić information content (AvgIpc) is 3.02. The van der Waals surface area contributed by atoms with Crippen molar-refractivity contribution in [1.82, 2.24) is 15.5 Å². The highest BCUT2D eigenvalue weighted by atomic mass is 16.5. The van der Waals surface area contributed by atoms with Crippen molar-refractivity contribution in [2.45, 2.75) is 19.9 Å². The standard InChI is InChI=1S/C15H18N4O4/c1-8(2)11(15(21)22-3)17-13(20)14-18-12(19-23-14)9-4-6-10(16)7-5-9/h4-8,11H,16H2,1-3H3,(H,17,20). The van der Waals surface area contributed by atoms with E-state index in [1.165, 1.54) is 7.11 Å². The minimum Gasteiger partial charge on any atom is -0.467 e. The van der Waals surface area contributed by atoms with Gasteiger partial charge in [-0.25, -0.2) is 4.79 Å². The molecular weight excluding hydrogens is 300 g/mol. The minimum atomic E-state index is -0.792. The Morgan fingerprint density at radius 1 is 1.26 bits per heavy atom. The molecule has 1 unspecified atom stereocenters. The number of aromatic nitrogens is 2. The van der Waals surface area contributed by atoms with Gasteiger partial charge in [-0.3, -0.25) is 4.79 Å². The summed E-state index contributed by atoms with van der Waals surface area (Å²) in [5.41, 5.74) is 6.88. The molecule has 0 aliphatic heterocycles. The van der Waals surface area contributed by atoms with E-state index in [1.54, 1.807) is 38.1 Å². The van der Waals surface area contributed by atoms with E-state index in [4.69, 9.17) is 10.3 Å². The van der Waals surface area contributed by atoms with Gasteiger partial charge in [0.25, 0.3) is 0 Å². The molecule has 122 valence electrons. The molecule has 2 rings (SSSR count). The lowest BCUT2D eigenvalue weighted by molar-refractivity contribution is -0.144. The smallest absolute Gasteiger partial charge is 0.328 e. The van der Waals surface area contributed by atoms with Crippen molar-refractivity contribution >= 4 is 17.6 Å². The van der Waals surface area contributed by atoms with Crippen LogP contribution in [0, 0.1) is 5.92 Å². The zero-order valence-electron chi connectivity index (χ0n) is 13.1. The quantitative estimate of drug-likeness (QED) is 0.628. The van der Waals surface area contributed by atoms with Crippen LogP contribution in [0.4, 0.5) is 5.69 Å². The van der Waals surface area contributed by atoms with Gasteiger partial charge in [0.15, 0.2) is 0 Å². The van der Waals surface area contributed by atoms with Gasteiger partial charge in [-0.2, -0.15) is 4.98 Å². The molecule has 0 aliphatic carbocycles. The van der Waals surface area contributed by atoms with Crippen molar-refractivity contribution in [2.24, 2.45) is 5.92 Å². The minimum absolute atomic E-state index is 0.147. The molecule has 1 amide bonds. The van der Waals surface area contributed by atoms with Crippen LogP contribution in [-0.4, -0.2) is 35.2 Å². The molecule has 0 spiro atoms. The van der Waals surface area contributed by atoms with Crippen molar-refractivity contribution in [3.05, 3.63) is 30.2 Å². The molecule has 0 radical (unpaired) electrons. The lowest BCUT2D eigenvalue weighted by Gasteiger charge is -2.18. The molecule has 23 heavy (non-hydrogen) atoms. The van der Waals surface area contributed by atoms with Gasteiger partial charge in [0.2, 0.25) is 5.82 Å². The molecule has 1 aromatic carbocycles. The Hall–Kier alpha value is -2.90. The van der Waals surface area contributed by atoms with Crippen LogP contribution >= 0.6 is 0 Å². The number of amides is 1. The number of ether oxygens (including phenoxy) is 1. The van der Waals surface area contributed by atoms with E-state index >= 15 is 0 Å². The van der Waals surface area contributed by atoms with Crippen LogP contribution in [-0.2, 0) is 9.53 Å². The maximum absolute atomic E-state index is 12.1. The maximum Gasteiger partial charge on any atom is 0.328 e. The molecule has 8 heteroatoms. The van der Waals surface area contributed by atoms with Gasteiger partial charge in [0, 0.05) is 11.3 Å². The van der Waals surface area contributed by atoms with E-state index in [1.807, 2.05) is 0 Å². The monoisotopic (exact) mass is 318 g/mol. The zero-order chi connectivity index (χ0) is 17.0. The van der Waals surface area contributed by atoms with E-state index in [2.05, 4.69) is 20.2 Å². The molecular formula is C15H18N4O4. The highest BCUT2D eigenvalue weighted by Gasteiger charge is 2.27. The van der Waals surface area contributed by atoms with Crippen LogP contribution in [0.5, 0.6) is 0 Å². The molecule has 0 bridgehead atoms. The fraction of sp³-hybridized carbons (Fsp3) is 0.333. The van der Waals surface area contributed by atoms with Crippen molar-refractivity contribution in [3.8, 4) is 11.4 Å². The van der Waals surface area contributed by atoms with E-state index in [9.17, 15) is 9.59 Å². The summed E-state index contributed by atoms with van der Waals surface area (Å²) in [6.45, 7) is 3.57. The first-order chi connectivity index (χ1) is 10.9. The zero-order valence-corrected chi connectivity index (χ0v) is 13.1. The van der Waals surface area contributed by atoms with E-state index in [0.29, 0.717) is 11.3 Å². The summed E-state index contributed by atoms with van der Waals surface area (Å²) in [4.78, 5) is 27.8. The number of nitrogens with one attached hydrogen (secondary N) is 1. The summed E-state index contributed by atoms with van der Waals surface area (Å²) < 4.78 is 9.61. The van der Waals surface area contributed by atoms with Crippen molar-refractivity contribution in [3.63, 3.8) is 0 Å². The molecule has 1 aromatic heterocycles. The molecule has 0 saturated heterocycles. The Kier molecular flexibility index (Phi) is 4.95. The molecule has 1 atom stereocenters. The van der Waals surface area contributed by atoms with Crippen LogP contribution < -0.4 is 11.1 Å². The SMILES string of the molecule is COC(=O)C(NC(=O)c1nc(-c2ccc(N)cc2)no1)C(C)C. The van der Waals surface area contributed by atoms with Gasteiger partial charge in [-0.15, -0.1) is 0 Å². The first-order valence-electron chi connectivity index (χ1n) is 7.00. The van der Waals surface area contributed by atoms with Gasteiger partial charge in [-0.1, -0.05) is 19.0 Å². The number of hydrogen-bond acceptors (Lipinski definition) is 7. The summed E-state index contributed by atoms with van der Waals surface area (Å²) in [5, 5.41) is 6.28. The second-order valence-electron chi connectivity index (χ2n) is 5.26. The normalized spacial score (nSPS) is 12.0. The topological polar surface area (TPSA) is 120 Å². The van der Waals surface area contributed by atoms with Gasteiger partial charge < -0.3 is 20.3 Å². The number of rotatable bonds is 5. The number of carbonyl (C=O) groups excluding carboxylic acids is 2. The number of methoxy groups -OCH3 is 1. The van der Waals surface area contributed by atoms with Crippen LogP contribution in [0.2, 0.25) is 0 Å². The highest BCUT2D eigenvalue weighted by Crippen LogP contribution is 2.17. The Labute approximate surface area is 133 Å². The first-order valence-corrected chi connectivity index (χ1v) is 7.00. The fourth-order valence-electron chi connectivity index (χ4n) is 1.89. The summed E-state index contributed by atoms with van der Waals surface area (Å²) in [7, 11) is 1.26. The number of nitrogen functional groups attached to an aromatic ring is 1. The summed E-state index contributed by atoms with van der Waals surface area (Å²) >= 11 is 0. The van der Waals surface area contributed by atoms with E-state index in [0.717, 1.165) is 0 Å². The van der Waals surface area contributed by atoms with Crippen LogP contribution in [0.1, 0.15) is 24.5 Å². The predicted octanol–water partition coefficient (Wildman–Crippen LogP) is 1.25. The second kappa shape index (κ2) is 6.91. The third-order valence-corrected chi connectivity index (χ3v) is 3.20. The second-order valence-corrected chi connectivity index (χ2v) is 5.26. The number of esters is 1. The van der Waals surface area contributed by atoms with Gasteiger partial charge in [0.05, 0.1) is 7.11 Å². The fourth-order valence-corrected chi connectivity index (χ4v) is 1.89. The Morgan fingerprint density at radius 3 is 2.48 bits per heavy atom. The predicted molar refractivity (Wildman–Crippen MR) is 82.3 cm³/mol. The molecule has 2 aromatic rings. The number of nitrogens with zero attached hydrogens (tertiary/aromatic N) is 2. The molecule has 8 nitrogen and oxygen atoms in total. The summed E-state index contributed by atoms with van der Waals surface area (Å²) in [5.74, 6) is -1.29. The number of benzene rings is 1. The number of anilines is 1. The van der Waals surface area contributed by atoms with E-state index in [-0.39, 0.29) is 17.6 Å². The largest absolute Gasteiger partial charge is 0.467 e. The molecule has 0 saturated carbocycles. The Morgan fingerprint density at radius 2 is 1.91 bits per heavy atom. The van der Waals surface area contributed by atoms with Gasteiger partial charge in [-0.05, 0) is 30.2 Å². The maximum atomic E-state index is 12.1. The lowest BCUT2D eigenvalue weighted by Crippen LogP contribution is -2.45. The molecule has 1 heterocycles. The first kappa shape index (κ1) is 16.5. The lowest BCUT2D eigenvalue weighted by atomic mass is 10.0. The van der Waals surface area contributed by atoms with Crippen LogP contribution in [0.3, 0.4) is 0 Å². The average molecular weight is 318 g/mol. The van der Waals surface area contributed by atoms with Crippen molar-refractivity contribution in [2.75, 3.05) is 12.8 Å².